The van der Waals surface area contributed by atoms with Crippen molar-refractivity contribution < 1.29 is 4.79 Å². The SMILES string of the molecule is CCCc1cc(=O)n2nc(N(C)CC(=O)NC[C@@H]3CCCN3CC)sc2n1. The summed E-state index contributed by atoms with van der Waals surface area (Å²) < 4.78 is 1.31. The number of amides is 1. The molecular weight excluding hydrogens is 364 g/mol. The largest absolute Gasteiger partial charge is 0.353 e. The zero-order chi connectivity index (χ0) is 19.4. The maximum atomic E-state index is 12.3. The van der Waals surface area contributed by atoms with E-state index in [1.54, 1.807) is 4.90 Å². The number of likely N-dealkylation sites (N-methyl/N-ethyl adjacent to an activating group) is 2. The van der Waals surface area contributed by atoms with Gasteiger partial charge in [0.2, 0.25) is 16.0 Å². The van der Waals surface area contributed by atoms with Crippen molar-refractivity contribution in [1.82, 2.24) is 24.8 Å². The molecule has 1 N–H and O–H groups in total. The first-order valence-electron chi connectivity index (χ1n) is 9.63. The summed E-state index contributed by atoms with van der Waals surface area (Å²) in [7, 11) is 1.81. The first kappa shape index (κ1) is 19.8. The Morgan fingerprint density at radius 3 is 3.00 bits per heavy atom. The van der Waals surface area contributed by atoms with Crippen LogP contribution < -0.4 is 15.8 Å². The van der Waals surface area contributed by atoms with Gasteiger partial charge in [0.25, 0.3) is 5.56 Å². The van der Waals surface area contributed by atoms with Gasteiger partial charge in [-0.1, -0.05) is 31.6 Å². The molecule has 1 amide bonds. The van der Waals surface area contributed by atoms with Crippen molar-refractivity contribution in [2.75, 3.05) is 38.1 Å². The van der Waals surface area contributed by atoms with E-state index in [9.17, 15) is 9.59 Å². The molecule has 1 saturated heterocycles. The van der Waals surface area contributed by atoms with Gasteiger partial charge in [-0.3, -0.25) is 14.5 Å². The summed E-state index contributed by atoms with van der Waals surface area (Å²) in [6.07, 6.45) is 4.04. The lowest BCUT2D eigenvalue weighted by Crippen LogP contribution is -2.43. The summed E-state index contributed by atoms with van der Waals surface area (Å²) in [5, 5.41) is 7.97. The van der Waals surface area contributed by atoms with E-state index in [4.69, 9.17) is 0 Å². The summed E-state index contributed by atoms with van der Waals surface area (Å²) in [5.74, 6) is -0.0355. The summed E-state index contributed by atoms with van der Waals surface area (Å²) in [6.45, 7) is 7.23. The van der Waals surface area contributed by atoms with E-state index in [1.165, 1.54) is 28.3 Å². The molecule has 2 aromatic rings. The standard InChI is InChI=1S/C18H28N6O2S/c1-4-7-13-10-16(26)24-17(20-13)27-18(21-24)22(3)12-15(25)19-11-14-8-6-9-23(14)5-2/h10,14H,4-9,11-12H2,1-3H3,(H,19,25)/t14-/m0/s1. The molecule has 0 spiro atoms. The Labute approximate surface area is 163 Å². The van der Waals surface area contributed by atoms with Crippen LogP contribution in [-0.2, 0) is 11.2 Å². The average Bonchev–Trinajstić information content (AvgIpc) is 3.26. The van der Waals surface area contributed by atoms with E-state index >= 15 is 0 Å². The molecule has 2 aromatic heterocycles. The van der Waals surface area contributed by atoms with Crippen molar-refractivity contribution in [3.05, 3.63) is 22.1 Å². The smallest absolute Gasteiger partial charge is 0.275 e. The molecule has 1 atom stereocenters. The van der Waals surface area contributed by atoms with Crippen LogP contribution in [0.4, 0.5) is 5.13 Å². The van der Waals surface area contributed by atoms with Gasteiger partial charge in [0.1, 0.15) is 0 Å². The Bertz CT molecular complexity index is 848. The molecule has 0 aromatic carbocycles. The second-order valence-corrected chi connectivity index (χ2v) is 7.93. The van der Waals surface area contributed by atoms with Gasteiger partial charge < -0.3 is 10.2 Å². The highest BCUT2D eigenvalue weighted by atomic mass is 32.1. The van der Waals surface area contributed by atoms with Crippen LogP contribution >= 0.6 is 11.3 Å². The molecule has 8 nitrogen and oxygen atoms in total. The molecular formula is C18H28N6O2S. The summed E-state index contributed by atoms with van der Waals surface area (Å²) >= 11 is 1.33. The number of nitrogens with one attached hydrogen (secondary N) is 1. The molecule has 9 heteroatoms. The van der Waals surface area contributed by atoms with Crippen LogP contribution in [0.1, 0.15) is 38.8 Å². The minimum Gasteiger partial charge on any atom is -0.353 e. The van der Waals surface area contributed by atoms with Crippen LogP contribution in [0.15, 0.2) is 10.9 Å². The number of nitrogens with zero attached hydrogens (tertiary/aromatic N) is 5. The van der Waals surface area contributed by atoms with Gasteiger partial charge in [-0.15, -0.1) is 5.10 Å². The summed E-state index contributed by atoms with van der Waals surface area (Å²) in [6, 6.07) is 1.97. The molecule has 0 aliphatic carbocycles. The molecule has 0 bridgehead atoms. The van der Waals surface area contributed by atoms with E-state index in [0.717, 1.165) is 38.0 Å². The second kappa shape index (κ2) is 8.79. The fraction of sp³-hybridized carbons (Fsp3) is 0.667. The van der Waals surface area contributed by atoms with Gasteiger partial charge in [0, 0.05) is 31.4 Å². The fourth-order valence-corrected chi connectivity index (χ4v) is 4.38. The number of likely N-dealkylation sites (tertiary alicyclic amines) is 1. The van der Waals surface area contributed by atoms with Crippen molar-refractivity contribution in [1.29, 1.82) is 0 Å². The Morgan fingerprint density at radius 2 is 2.26 bits per heavy atom. The number of carbonyl (C=O) groups is 1. The molecule has 148 valence electrons. The highest BCUT2D eigenvalue weighted by molar-refractivity contribution is 7.20. The van der Waals surface area contributed by atoms with Crippen molar-refractivity contribution in [2.45, 2.75) is 45.6 Å². The number of carbonyl (C=O) groups excluding carboxylic acids is 1. The second-order valence-electron chi connectivity index (χ2n) is 7.00. The van der Waals surface area contributed by atoms with Crippen LogP contribution in [0.25, 0.3) is 4.96 Å². The number of rotatable bonds is 8. The fourth-order valence-electron chi connectivity index (χ4n) is 3.50. The van der Waals surface area contributed by atoms with Crippen molar-refractivity contribution >= 4 is 27.3 Å². The van der Waals surface area contributed by atoms with Crippen LogP contribution in [-0.4, -0.2) is 64.7 Å². The Hall–Kier alpha value is -2.00. The molecule has 0 radical (unpaired) electrons. The van der Waals surface area contributed by atoms with Crippen LogP contribution in [0.3, 0.4) is 0 Å². The van der Waals surface area contributed by atoms with E-state index in [0.29, 0.717) is 22.7 Å². The van der Waals surface area contributed by atoms with Gasteiger partial charge in [0.15, 0.2) is 0 Å². The van der Waals surface area contributed by atoms with Crippen LogP contribution in [0, 0.1) is 0 Å². The van der Waals surface area contributed by atoms with E-state index in [2.05, 4.69) is 34.1 Å². The molecule has 3 rings (SSSR count). The zero-order valence-electron chi connectivity index (χ0n) is 16.3. The molecule has 1 fully saturated rings. The quantitative estimate of drug-likeness (QED) is 0.725. The number of anilines is 1. The van der Waals surface area contributed by atoms with Crippen LogP contribution in [0.2, 0.25) is 0 Å². The molecule has 1 aliphatic rings. The first-order valence-corrected chi connectivity index (χ1v) is 10.4. The Balaban J connectivity index is 1.61. The number of aryl methyl sites for hydroxylation is 1. The molecule has 27 heavy (non-hydrogen) atoms. The van der Waals surface area contributed by atoms with Crippen molar-refractivity contribution in [3.63, 3.8) is 0 Å². The molecule has 3 heterocycles. The third kappa shape index (κ3) is 4.65. The summed E-state index contributed by atoms with van der Waals surface area (Å²) in [5.41, 5.74) is 0.611. The van der Waals surface area contributed by atoms with Gasteiger partial charge in [-0.2, -0.15) is 4.52 Å². The predicted molar refractivity (Wildman–Crippen MR) is 108 cm³/mol. The van der Waals surface area contributed by atoms with Gasteiger partial charge in [0.05, 0.1) is 6.54 Å². The highest BCUT2D eigenvalue weighted by Crippen LogP contribution is 2.20. The topological polar surface area (TPSA) is 82.8 Å². The van der Waals surface area contributed by atoms with Gasteiger partial charge in [-0.05, 0) is 32.4 Å². The lowest BCUT2D eigenvalue weighted by Gasteiger charge is -2.23. The number of hydrogen-bond donors (Lipinski definition) is 1. The molecule has 1 aliphatic heterocycles. The third-order valence-electron chi connectivity index (χ3n) is 4.94. The minimum absolute atomic E-state index is 0.0355. The zero-order valence-corrected chi connectivity index (χ0v) is 17.1. The minimum atomic E-state index is -0.176. The third-order valence-corrected chi connectivity index (χ3v) is 5.96. The highest BCUT2D eigenvalue weighted by Gasteiger charge is 2.23. The lowest BCUT2D eigenvalue weighted by molar-refractivity contribution is -0.119. The van der Waals surface area contributed by atoms with Gasteiger partial charge in [-0.25, -0.2) is 4.98 Å². The maximum absolute atomic E-state index is 12.3. The van der Waals surface area contributed by atoms with E-state index in [1.807, 2.05) is 7.05 Å². The Morgan fingerprint density at radius 1 is 1.44 bits per heavy atom. The predicted octanol–water partition coefficient (Wildman–Crippen LogP) is 1.14. The van der Waals surface area contributed by atoms with Gasteiger partial charge >= 0.3 is 0 Å². The van der Waals surface area contributed by atoms with Crippen molar-refractivity contribution in [3.8, 4) is 0 Å². The average molecular weight is 393 g/mol. The number of aromatic nitrogens is 3. The monoisotopic (exact) mass is 392 g/mol. The first-order chi connectivity index (χ1) is 13.0. The summed E-state index contributed by atoms with van der Waals surface area (Å²) in [4.78, 5) is 33.8. The Kier molecular flexibility index (Phi) is 6.43. The molecule has 0 unspecified atom stereocenters. The molecule has 0 saturated carbocycles. The van der Waals surface area contributed by atoms with Crippen molar-refractivity contribution in [2.24, 2.45) is 0 Å². The van der Waals surface area contributed by atoms with E-state index < -0.39 is 0 Å². The van der Waals surface area contributed by atoms with E-state index in [-0.39, 0.29) is 18.0 Å². The maximum Gasteiger partial charge on any atom is 0.275 e. The lowest BCUT2D eigenvalue weighted by atomic mass is 10.2. The van der Waals surface area contributed by atoms with Crippen LogP contribution in [0.5, 0.6) is 0 Å². The number of fused-ring (bicyclic) bond motifs is 1. The normalized spacial score (nSPS) is 17.5. The number of hydrogen-bond acceptors (Lipinski definition) is 7.